The summed E-state index contributed by atoms with van der Waals surface area (Å²) in [6.07, 6.45) is 0.0785. The minimum absolute atomic E-state index is 0.0785. The van der Waals surface area contributed by atoms with E-state index in [1.54, 1.807) is 43.3 Å². The standard InChI is InChI=1S/C20H21Cl2N3O3/c1-13(23-20(28)14-6-4-3-5-7-14)10-19(27)25(2)12-18(26)24-15-8-9-16(21)17(22)11-15/h3-9,11,13H,10,12H2,1-2H3,(H,23,28)(H,24,26). The molecule has 1 unspecified atom stereocenters. The fourth-order valence-corrected chi connectivity index (χ4v) is 2.74. The van der Waals surface area contributed by atoms with Crippen molar-refractivity contribution in [2.45, 2.75) is 19.4 Å². The van der Waals surface area contributed by atoms with Gasteiger partial charge in [0.05, 0.1) is 16.6 Å². The summed E-state index contributed by atoms with van der Waals surface area (Å²) in [5, 5.41) is 6.14. The largest absolute Gasteiger partial charge is 0.349 e. The monoisotopic (exact) mass is 421 g/mol. The van der Waals surface area contributed by atoms with Crippen LogP contribution in [0.3, 0.4) is 0 Å². The molecule has 3 amide bonds. The summed E-state index contributed by atoms with van der Waals surface area (Å²) in [6.45, 7) is 1.61. The van der Waals surface area contributed by atoms with Gasteiger partial charge in [-0.05, 0) is 37.3 Å². The van der Waals surface area contributed by atoms with Gasteiger partial charge in [-0.25, -0.2) is 0 Å². The van der Waals surface area contributed by atoms with E-state index >= 15 is 0 Å². The Morgan fingerprint density at radius 1 is 1.04 bits per heavy atom. The average Bonchev–Trinajstić information content (AvgIpc) is 2.65. The number of benzene rings is 2. The van der Waals surface area contributed by atoms with Crippen LogP contribution in [0.15, 0.2) is 48.5 Å². The zero-order valence-electron chi connectivity index (χ0n) is 15.5. The van der Waals surface area contributed by atoms with E-state index < -0.39 is 0 Å². The molecule has 0 heterocycles. The number of amides is 3. The first kappa shape index (κ1) is 21.7. The molecule has 0 aliphatic carbocycles. The number of carbonyl (C=O) groups is 3. The molecule has 28 heavy (non-hydrogen) atoms. The molecule has 6 nitrogen and oxygen atoms in total. The third-order valence-corrected chi connectivity index (χ3v) is 4.64. The quantitative estimate of drug-likeness (QED) is 0.716. The number of hydrogen-bond acceptors (Lipinski definition) is 3. The van der Waals surface area contributed by atoms with Gasteiger partial charge in [0.2, 0.25) is 11.8 Å². The highest BCUT2D eigenvalue weighted by molar-refractivity contribution is 6.42. The summed E-state index contributed by atoms with van der Waals surface area (Å²) in [5.74, 6) is -0.874. The molecule has 0 radical (unpaired) electrons. The topological polar surface area (TPSA) is 78.5 Å². The van der Waals surface area contributed by atoms with E-state index in [1.165, 1.54) is 18.0 Å². The molecule has 0 aromatic heterocycles. The van der Waals surface area contributed by atoms with Gasteiger partial charge in [0.1, 0.15) is 0 Å². The molecule has 1 atom stereocenters. The normalized spacial score (nSPS) is 11.4. The van der Waals surface area contributed by atoms with E-state index in [1.807, 2.05) is 6.07 Å². The second-order valence-electron chi connectivity index (χ2n) is 6.37. The molecule has 2 N–H and O–H groups in total. The van der Waals surface area contributed by atoms with Crippen LogP contribution < -0.4 is 10.6 Å². The van der Waals surface area contributed by atoms with Crippen molar-refractivity contribution < 1.29 is 14.4 Å². The first-order valence-corrected chi connectivity index (χ1v) is 9.36. The SMILES string of the molecule is CC(CC(=O)N(C)CC(=O)Nc1ccc(Cl)c(Cl)c1)NC(=O)c1ccccc1. The van der Waals surface area contributed by atoms with Crippen LogP contribution in [0, 0.1) is 0 Å². The number of nitrogens with zero attached hydrogens (tertiary/aromatic N) is 1. The van der Waals surface area contributed by atoms with Crippen molar-refractivity contribution in [1.82, 2.24) is 10.2 Å². The highest BCUT2D eigenvalue weighted by Gasteiger charge is 2.18. The second-order valence-corrected chi connectivity index (χ2v) is 7.19. The van der Waals surface area contributed by atoms with Gasteiger partial charge in [-0.1, -0.05) is 41.4 Å². The van der Waals surface area contributed by atoms with Crippen molar-refractivity contribution in [3.63, 3.8) is 0 Å². The van der Waals surface area contributed by atoms with Gasteiger partial charge in [0, 0.05) is 30.8 Å². The van der Waals surface area contributed by atoms with Gasteiger partial charge < -0.3 is 15.5 Å². The summed E-state index contributed by atoms with van der Waals surface area (Å²) in [5.41, 5.74) is 1.01. The lowest BCUT2D eigenvalue weighted by Gasteiger charge is -2.20. The molecule has 0 saturated carbocycles. The number of anilines is 1. The zero-order chi connectivity index (χ0) is 20.7. The van der Waals surface area contributed by atoms with Crippen molar-refractivity contribution in [2.24, 2.45) is 0 Å². The van der Waals surface area contributed by atoms with Gasteiger partial charge >= 0.3 is 0 Å². The van der Waals surface area contributed by atoms with Crippen LogP contribution in [0.1, 0.15) is 23.7 Å². The van der Waals surface area contributed by atoms with Gasteiger partial charge in [0.15, 0.2) is 0 Å². The Hall–Kier alpha value is -2.57. The molecule has 0 spiro atoms. The van der Waals surface area contributed by atoms with E-state index in [9.17, 15) is 14.4 Å². The van der Waals surface area contributed by atoms with Crippen LogP contribution in [0.2, 0.25) is 10.0 Å². The summed E-state index contributed by atoms with van der Waals surface area (Å²) < 4.78 is 0. The molecule has 0 saturated heterocycles. The van der Waals surface area contributed by atoms with Gasteiger partial charge in [-0.15, -0.1) is 0 Å². The maximum absolute atomic E-state index is 12.3. The molecule has 2 aromatic carbocycles. The highest BCUT2D eigenvalue weighted by atomic mass is 35.5. The number of nitrogens with one attached hydrogen (secondary N) is 2. The zero-order valence-corrected chi connectivity index (χ0v) is 17.1. The van der Waals surface area contributed by atoms with Crippen LogP contribution >= 0.6 is 23.2 Å². The summed E-state index contributed by atoms with van der Waals surface area (Å²) in [7, 11) is 1.53. The Balaban J connectivity index is 1.81. The van der Waals surface area contributed by atoms with Crippen LogP contribution in [-0.4, -0.2) is 42.3 Å². The summed E-state index contributed by atoms with van der Waals surface area (Å²) in [6, 6.07) is 13.1. The molecule has 0 aliphatic heterocycles. The van der Waals surface area contributed by atoms with Crippen molar-refractivity contribution in [3.05, 3.63) is 64.1 Å². The van der Waals surface area contributed by atoms with Gasteiger partial charge in [-0.3, -0.25) is 14.4 Å². The Morgan fingerprint density at radius 2 is 1.71 bits per heavy atom. The van der Waals surface area contributed by atoms with E-state index in [0.717, 1.165) is 0 Å². The lowest BCUT2D eigenvalue weighted by Crippen LogP contribution is -2.40. The molecule has 2 aromatic rings. The molecule has 0 fully saturated rings. The van der Waals surface area contributed by atoms with Crippen LogP contribution in [0.5, 0.6) is 0 Å². The number of likely N-dealkylation sites (N-methyl/N-ethyl adjacent to an activating group) is 1. The van der Waals surface area contributed by atoms with Crippen molar-refractivity contribution in [1.29, 1.82) is 0 Å². The van der Waals surface area contributed by atoms with Crippen molar-refractivity contribution >= 4 is 46.6 Å². The molecule has 0 aliphatic rings. The third-order valence-electron chi connectivity index (χ3n) is 3.90. The number of carbonyl (C=O) groups excluding carboxylic acids is 3. The number of hydrogen-bond donors (Lipinski definition) is 2. The molecule has 8 heteroatoms. The molecular formula is C20H21Cl2N3O3. The van der Waals surface area contributed by atoms with Crippen LogP contribution in [0.25, 0.3) is 0 Å². The van der Waals surface area contributed by atoms with Crippen LogP contribution in [0.4, 0.5) is 5.69 Å². The fraction of sp³-hybridized carbons (Fsp3) is 0.250. The Bertz CT molecular complexity index is 859. The lowest BCUT2D eigenvalue weighted by molar-refractivity contribution is -0.133. The minimum Gasteiger partial charge on any atom is -0.349 e. The van der Waals surface area contributed by atoms with Crippen molar-refractivity contribution in [2.75, 3.05) is 18.9 Å². The van der Waals surface area contributed by atoms with Crippen molar-refractivity contribution in [3.8, 4) is 0 Å². The molecule has 148 valence electrons. The lowest BCUT2D eigenvalue weighted by atomic mass is 10.1. The summed E-state index contributed by atoms with van der Waals surface area (Å²) in [4.78, 5) is 37.9. The van der Waals surface area contributed by atoms with Gasteiger partial charge in [0.25, 0.3) is 5.91 Å². The maximum atomic E-state index is 12.3. The summed E-state index contributed by atoms with van der Waals surface area (Å²) >= 11 is 11.8. The predicted molar refractivity (Wildman–Crippen MR) is 111 cm³/mol. The molecule has 2 rings (SSSR count). The average molecular weight is 422 g/mol. The van der Waals surface area contributed by atoms with E-state index in [4.69, 9.17) is 23.2 Å². The Labute approximate surface area is 173 Å². The number of halogens is 2. The first-order valence-electron chi connectivity index (χ1n) is 8.61. The first-order chi connectivity index (χ1) is 13.3. The minimum atomic E-state index is -0.374. The maximum Gasteiger partial charge on any atom is 0.251 e. The fourth-order valence-electron chi connectivity index (χ4n) is 2.44. The van der Waals surface area contributed by atoms with Crippen LogP contribution in [-0.2, 0) is 9.59 Å². The molecular weight excluding hydrogens is 401 g/mol. The molecule has 0 bridgehead atoms. The Kier molecular flexibility index (Phi) is 7.84. The number of rotatable bonds is 7. The predicted octanol–water partition coefficient (Wildman–Crippen LogP) is 3.60. The van der Waals surface area contributed by atoms with Gasteiger partial charge in [-0.2, -0.15) is 0 Å². The van der Waals surface area contributed by atoms with E-state index in [2.05, 4.69) is 10.6 Å². The smallest absolute Gasteiger partial charge is 0.251 e. The van der Waals surface area contributed by atoms with E-state index in [-0.39, 0.29) is 36.7 Å². The third kappa shape index (κ3) is 6.55. The highest BCUT2D eigenvalue weighted by Crippen LogP contribution is 2.24. The second kappa shape index (κ2) is 10.1. The Morgan fingerprint density at radius 3 is 2.36 bits per heavy atom. The van der Waals surface area contributed by atoms with E-state index in [0.29, 0.717) is 21.3 Å².